The summed E-state index contributed by atoms with van der Waals surface area (Å²) in [4.78, 5) is 0. The molecule has 1 N–H and O–H groups in total. The van der Waals surface area contributed by atoms with E-state index in [1.165, 1.54) is 38.9 Å². The van der Waals surface area contributed by atoms with E-state index >= 15 is 0 Å². The Kier molecular flexibility index (Phi) is 4.15. The van der Waals surface area contributed by atoms with Crippen LogP contribution in [0.15, 0.2) is 48.5 Å². The summed E-state index contributed by atoms with van der Waals surface area (Å²) in [7, 11) is 1.70. The Morgan fingerprint density at radius 1 is 0.667 bits per heavy atom. The van der Waals surface area contributed by atoms with Crippen molar-refractivity contribution >= 4 is 5.71 Å². The lowest BCUT2D eigenvalue weighted by molar-refractivity contribution is 0.414. The van der Waals surface area contributed by atoms with Gasteiger partial charge in [-0.15, -0.1) is 0 Å². The number of benzene rings is 3. The van der Waals surface area contributed by atoms with E-state index in [4.69, 9.17) is 10.1 Å². The molecule has 0 aromatic heterocycles. The van der Waals surface area contributed by atoms with Crippen LogP contribution in [0.2, 0.25) is 0 Å². The van der Waals surface area contributed by atoms with Crippen LogP contribution < -0.4 is 4.74 Å². The summed E-state index contributed by atoms with van der Waals surface area (Å²) in [6, 6.07) is 17.1. The fraction of sp³-hybridized carbons (Fsp3) is 0.240. The van der Waals surface area contributed by atoms with E-state index < -0.39 is 0 Å². The standard InChI is InChI=1S/C25H25NO/c1-14-6-8-16(3)22-20(14)24(18-10-12-19(27-5)13-11-18)21-15(2)7-9-17(4)23(21)25(22)26/h6-13,24,26H,1-5H3. The predicted molar refractivity (Wildman–Crippen MR) is 112 cm³/mol. The molecule has 0 spiro atoms. The van der Waals surface area contributed by atoms with E-state index in [9.17, 15) is 0 Å². The van der Waals surface area contributed by atoms with E-state index in [2.05, 4.69) is 64.1 Å². The maximum atomic E-state index is 9.02. The molecule has 0 heterocycles. The molecule has 0 amide bonds. The van der Waals surface area contributed by atoms with Crippen molar-refractivity contribution in [2.45, 2.75) is 33.6 Å². The predicted octanol–water partition coefficient (Wildman–Crippen LogP) is 5.84. The van der Waals surface area contributed by atoms with Crippen LogP contribution in [0.5, 0.6) is 5.75 Å². The minimum absolute atomic E-state index is 0.134. The molecule has 0 saturated carbocycles. The van der Waals surface area contributed by atoms with Gasteiger partial charge < -0.3 is 4.74 Å². The quantitative estimate of drug-likeness (QED) is 0.481. The van der Waals surface area contributed by atoms with Crippen molar-refractivity contribution in [2.24, 2.45) is 0 Å². The molecule has 0 atom stereocenters. The summed E-state index contributed by atoms with van der Waals surface area (Å²) < 4.78 is 5.36. The van der Waals surface area contributed by atoms with Crippen LogP contribution in [-0.4, -0.2) is 12.8 Å². The molecule has 136 valence electrons. The zero-order chi connectivity index (χ0) is 19.3. The number of fused-ring (bicyclic) bond motifs is 2. The molecule has 1 aliphatic rings. The molecule has 4 rings (SSSR count). The lowest BCUT2D eigenvalue weighted by Gasteiger charge is -2.34. The topological polar surface area (TPSA) is 33.1 Å². The van der Waals surface area contributed by atoms with Gasteiger partial charge >= 0.3 is 0 Å². The highest BCUT2D eigenvalue weighted by Crippen LogP contribution is 2.45. The van der Waals surface area contributed by atoms with Gasteiger partial charge in [0, 0.05) is 17.0 Å². The lowest BCUT2D eigenvalue weighted by Crippen LogP contribution is -2.24. The van der Waals surface area contributed by atoms with Crippen LogP contribution in [-0.2, 0) is 0 Å². The van der Waals surface area contributed by atoms with Crippen molar-refractivity contribution in [3.8, 4) is 5.75 Å². The molecule has 3 aromatic rings. The Hall–Kier alpha value is -2.87. The number of hydrogen-bond donors (Lipinski definition) is 1. The molecular formula is C25H25NO. The molecule has 1 aliphatic carbocycles. The number of aryl methyl sites for hydroxylation is 4. The van der Waals surface area contributed by atoms with Crippen LogP contribution in [0.4, 0.5) is 0 Å². The summed E-state index contributed by atoms with van der Waals surface area (Å²) >= 11 is 0. The fourth-order valence-corrected chi connectivity index (χ4v) is 4.47. The van der Waals surface area contributed by atoms with E-state index in [1.807, 2.05) is 12.1 Å². The number of nitrogens with one attached hydrogen (secondary N) is 1. The highest BCUT2D eigenvalue weighted by atomic mass is 16.5. The van der Waals surface area contributed by atoms with Gasteiger partial charge in [0.05, 0.1) is 12.8 Å². The van der Waals surface area contributed by atoms with Crippen LogP contribution in [0.25, 0.3) is 0 Å². The molecule has 0 aliphatic heterocycles. The minimum Gasteiger partial charge on any atom is -0.497 e. The average molecular weight is 355 g/mol. The van der Waals surface area contributed by atoms with Crippen LogP contribution >= 0.6 is 0 Å². The SMILES string of the molecule is COc1ccc(C2c3c(C)ccc(C)c3C(=N)c3c(C)ccc(C)c32)cc1. The first-order valence-corrected chi connectivity index (χ1v) is 9.37. The number of rotatable bonds is 2. The molecule has 0 fully saturated rings. The Balaban J connectivity index is 2.10. The zero-order valence-corrected chi connectivity index (χ0v) is 16.6. The zero-order valence-electron chi connectivity index (χ0n) is 16.6. The van der Waals surface area contributed by atoms with Gasteiger partial charge in [0.15, 0.2) is 0 Å². The third-order valence-corrected chi connectivity index (χ3v) is 5.87. The number of hydrogen-bond acceptors (Lipinski definition) is 2. The molecule has 2 nitrogen and oxygen atoms in total. The third-order valence-electron chi connectivity index (χ3n) is 5.87. The summed E-state index contributed by atoms with van der Waals surface area (Å²) in [6.45, 7) is 8.57. The van der Waals surface area contributed by atoms with Crippen LogP contribution in [0, 0.1) is 33.1 Å². The first-order valence-electron chi connectivity index (χ1n) is 9.37. The molecule has 0 saturated heterocycles. The van der Waals surface area contributed by atoms with Crippen molar-refractivity contribution in [1.29, 1.82) is 5.41 Å². The lowest BCUT2D eigenvalue weighted by atomic mass is 9.69. The largest absolute Gasteiger partial charge is 0.497 e. The van der Waals surface area contributed by atoms with Gasteiger partial charge in [0.25, 0.3) is 0 Å². The molecule has 0 bridgehead atoms. The number of methoxy groups -OCH3 is 1. The van der Waals surface area contributed by atoms with E-state index in [-0.39, 0.29) is 5.92 Å². The van der Waals surface area contributed by atoms with Crippen molar-refractivity contribution in [2.75, 3.05) is 7.11 Å². The second kappa shape index (κ2) is 6.38. The van der Waals surface area contributed by atoms with Gasteiger partial charge in [-0.2, -0.15) is 0 Å². The summed E-state index contributed by atoms with van der Waals surface area (Å²) in [6.07, 6.45) is 0. The highest BCUT2D eigenvalue weighted by molar-refractivity contribution is 6.16. The Labute approximate surface area is 161 Å². The summed E-state index contributed by atoms with van der Waals surface area (Å²) in [5, 5.41) is 9.02. The van der Waals surface area contributed by atoms with E-state index in [0.29, 0.717) is 5.71 Å². The first-order chi connectivity index (χ1) is 12.9. The molecule has 0 unspecified atom stereocenters. The van der Waals surface area contributed by atoms with Crippen molar-refractivity contribution in [1.82, 2.24) is 0 Å². The van der Waals surface area contributed by atoms with Crippen molar-refractivity contribution < 1.29 is 4.74 Å². The van der Waals surface area contributed by atoms with Gasteiger partial charge in [0.1, 0.15) is 5.75 Å². The minimum atomic E-state index is 0.134. The maximum Gasteiger partial charge on any atom is 0.118 e. The Morgan fingerprint density at radius 2 is 1.11 bits per heavy atom. The first kappa shape index (κ1) is 17.5. The second-order valence-corrected chi connectivity index (χ2v) is 7.56. The van der Waals surface area contributed by atoms with E-state index in [0.717, 1.165) is 16.9 Å². The molecule has 27 heavy (non-hydrogen) atoms. The van der Waals surface area contributed by atoms with Gasteiger partial charge in [-0.3, -0.25) is 5.41 Å². The second-order valence-electron chi connectivity index (χ2n) is 7.56. The third kappa shape index (κ3) is 2.59. The normalized spacial score (nSPS) is 15.3. The van der Waals surface area contributed by atoms with E-state index in [1.54, 1.807) is 7.11 Å². The fourth-order valence-electron chi connectivity index (χ4n) is 4.47. The molecule has 3 aromatic carbocycles. The van der Waals surface area contributed by atoms with Gasteiger partial charge in [0.2, 0.25) is 0 Å². The van der Waals surface area contributed by atoms with Gasteiger partial charge in [-0.25, -0.2) is 0 Å². The average Bonchev–Trinajstić information content (AvgIpc) is 2.67. The Bertz CT molecular complexity index is 999. The van der Waals surface area contributed by atoms with Gasteiger partial charge in [-0.1, -0.05) is 36.4 Å². The van der Waals surface area contributed by atoms with Crippen LogP contribution in [0.3, 0.4) is 0 Å². The Morgan fingerprint density at radius 3 is 1.56 bits per heavy atom. The smallest absolute Gasteiger partial charge is 0.118 e. The molecular weight excluding hydrogens is 330 g/mol. The number of ether oxygens (including phenoxy) is 1. The van der Waals surface area contributed by atoms with Crippen molar-refractivity contribution in [3.63, 3.8) is 0 Å². The monoisotopic (exact) mass is 355 g/mol. The van der Waals surface area contributed by atoms with Crippen LogP contribution in [0.1, 0.15) is 56.0 Å². The maximum absolute atomic E-state index is 9.02. The summed E-state index contributed by atoms with van der Waals surface area (Å²) in [5.74, 6) is 1.000. The van der Waals surface area contributed by atoms with Gasteiger partial charge in [-0.05, 0) is 78.8 Å². The van der Waals surface area contributed by atoms with Crippen molar-refractivity contribution in [3.05, 3.63) is 98.6 Å². The summed E-state index contributed by atoms with van der Waals surface area (Å²) in [5.41, 5.74) is 11.5. The molecule has 2 heteroatoms. The molecule has 0 radical (unpaired) electrons. The highest BCUT2D eigenvalue weighted by Gasteiger charge is 2.34.